The van der Waals surface area contributed by atoms with Crippen LogP contribution in [0.5, 0.6) is 0 Å². The minimum absolute atomic E-state index is 0.452. The van der Waals surface area contributed by atoms with Gasteiger partial charge in [-0.3, -0.25) is 9.97 Å². The molecule has 0 spiro atoms. The first-order valence-electron chi connectivity index (χ1n) is 6.50. The molecule has 5 heteroatoms. The molecule has 2 unspecified atom stereocenters. The van der Waals surface area contributed by atoms with Gasteiger partial charge in [-0.1, -0.05) is 6.42 Å². The normalized spacial score (nSPS) is 22.8. The van der Waals surface area contributed by atoms with E-state index >= 15 is 0 Å². The van der Waals surface area contributed by atoms with Crippen molar-refractivity contribution in [2.24, 2.45) is 5.92 Å². The van der Waals surface area contributed by atoms with E-state index in [0.717, 1.165) is 27.1 Å². The molecule has 0 aliphatic heterocycles. The first-order valence-corrected chi connectivity index (χ1v) is 7.83. The van der Waals surface area contributed by atoms with E-state index in [4.69, 9.17) is 11.6 Å². The summed E-state index contributed by atoms with van der Waals surface area (Å²) in [5.74, 6) is 1.28. The predicted molar refractivity (Wildman–Crippen MR) is 82.7 cm³/mol. The highest BCUT2D eigenvalue weighted by molar-refractivity contribution is 9.10. The van der Waals surface area contributed by atoms with Crippen molar-refractivity contribution in [1.82, 2.24) is 9.97 Å². The van der Waals surface area contributed by atoms with Gasteiger partial charge in [-0.2, -0.15) is 0 Å². The summed E-state index contributed by atoms with van der Waals surface area (Å²) < 4.78 is 0.948. The van der Waals surface area contributed by atoms with E-state index in [0.29, 0.717) is 12.0 Å². The van der Waals surface area contributed by atoms with Crippen LogP contribution in [0.2, 0.25) is 0 Å². The highest BCUT2D eigenvalue weighted by Crippen LogP contribution is 2.31. The van der Waals surface area contributed by atoms with Gasteiger partial charge >= 0.3 is 0 Å². The molecule has 1 saturated carbocycles. The molecule has 1 aliphatic rings. The molecular weight excluding hydrogens is 326 g/mol. The first kappa shape index (κ1) is 13.1. The third-order valence-corrected chi connectivity index (χ3v) is 4.57. The number of pyridine rings is 2. The number of halogens is 2. The number of alkyl halides is 1. The zero-order valence-corrected chi connectivity index (χ0v) is 12.8. The zero-order chi connectivity index (χ0) is 13.2. The second-order valence-electron chi connectivity index (χ2n) is 4.98. The van der Waals surface area contributed by atoms with Gasteiger partial charge in [0.15, 0.2) is 0 Å². The molecule has 2 aromatic heterocycles. The lowest BCUT2D eigenvalue weighted by Gasteiger charge is -2.20. The van der Waals surface area contributed by atoms with Gasteiger partial charge in [0.1, 0.15) is 5.52 Å². The van der Waals surface area contributed by atoms with Crippen molar-refractivity contribution in [2.75, 3.05) is 11.2 Å². The van der Waals surface area contributed by atoms with E-state index in [9.17, 15) is 0 Å². The van der Waals surface area contributed by atoms with Crippen LogP contribution in [0.1, 0.15) is 19.3 Å². The van der Waals surface area contributed by atoms with Gasteiger partial charge in [0.2, 0.25) is 0 Å². The summed E-state index contributed by atoms with van der Waals surface area (Å²) >= 11 is 9.46. The van der Waals surface area contributed by atoms with E-state index in [1.807, 2.05) is 24.5 Å². The molecule has 0 amide bonds. The second kappa shape index (κ2) is 5.63. The highest BCUT2D eigenvalue weighted by atomic mass is 79.9. The average Bonchev–Trinajstić information content (AvgIpc) is 2.86. The molecule has 1 fully saturated rings. The van der Waals surface area contributed by atoms with Crippen LogP contribution in [-0.2, 0) is 0 Å². The Balaban J connectivity index is 1.92. The first-order chi connectivity index (χ1) is 9.28. The van der Waals surface area contributed by atoms with Gasteiger partial charge in [0.05, 0.1) is 11.2 Å². The fraction of sp³-hybridized carbons (Fsp3) is 0.429. The topological polar surface area (TPSA) is 37.8 Å². The summed E-state index contributed by atoms with van der Waals surface area (Å²) in [7, 11) is 0. The van der Waals surface area contributed by atoms with E-state index < -0.39 is 0 Å². The maximum Gasteiger partial charge on any atom is 0.112 e. The van der Waals surface area contributed by atoms with Crippen molar-refractivity contribution in [1.29, 1.82) is 0 Å². The fourth-order valence-electron chi connectivity index (χ4n) is 2.73. The molecule has 2 aromatic rings. The predicted octanol–water partition coefficient (Wildman–Crippen LogP) is 4.21. The number of hydrogen-bond acceptors (Lipinski definition) is 3. The molecule has 1 N–H and O–H groups in total. The molecule has 1 aliphatic carbocycles. The monoisotopic (exact) mass is 339 g/mol. The van der Waals surface area contributed by atoms with Crippen LogP contribution in [0.3, 0.4) is 0 Å². The number of nitrogens with one attached hydrogen (secondary N) is 1. The number of nitrogens with zero attached hydrogens (tertiary/aromatic N) is 2. The summed E-state index contributed by atoms with van der Waals surface area (Å²) in [6, 6.07) is 4.43. The highest BCUT2D eigenvalue weighted by Gasteiger charge is 2.26. The maximum atomic E-state index is 6.03. The molecule has 0 radical (unpaired) electrons. The molecule has 2 atom stereocenters. The van der Waals surface area contributed by atoms with E-state index in [-0.39, 0.29) is 0 Å². The molecule has 0 saturated heterocycles. The van der Waals surface area contributed by atoms with Crippen LogP contribution < -0.4 is 5.32 Å². The number of fused-ring (bicyclic) bond motifs is 1. The minimum Gasteiger partial charge on any atom is -0.380 e. The summed E-state index contributed by atoms with van der Waals surface area (Å²) in [5.41, 5.74) is 2.88. The Kier molecular flexibility index (Phi) is 3.89. The summed E-state index contributed by atoms with van der Waals surface area (Å²) in [4.78, 5) is 8.83. The SMILES string of the molecule is ClCC1CCCC1Nc1ccnc2cc(Br)cnc12. The van der Waals surface area contributed by atoms with Gasteiger partial charge < -0.3 is 5.32 Å². The Hall–Kier alpha value is -0.870. The number of rotatable bonds is 3. The van der Waals surface area contributed by atoms with Crippen LogP contribution in [-0.4, -0.2) is 21.9 Å². The summed E-state index contributed by atoms with van der Waals surface area (Å²) in [6.45, 7) is 0. The molecule has 100 valence electrons. The van der Waals surface area contributed by atoms with Gasteiger partial charge in [0.25, 0.3) is 0 Å². The molecule has 3 nitrogen and oxygen atoms in total. The van der Waals surface area contributed by atoms with E-state index in [1.165, 1.54) is 19.3 Å². The Labute approximate surface area is 125 Å². The van der Waals surface area contributed by atoms with Crippen LogP contribution in [0.25, 0.3) is 11.0 Å². The van der Waals surface area contributed by atoms with Crippen LogP contribution >= 0.6 is 27.5 Å². The fourth-order valence-corrected chi connectivity index (χ4v) is 3.42. The Morgan fingerprint density at radius 3 is 3.11 bits per heavy atom. The van der Waals surface area contributed by atoms with Crippen molar-refractivity contribution in [3.63, 3.8) is 0 Å². The van der Waals surface area contributed by atoms with Crippen molar-refractivity contribution in [3.05, 3.63) is 29.0 Å². The quantitative estimate of drug-likeness (QED) is 0.850. The average molecular weight is 341 g/mol. The Morgan fingerprint density at radius 2 is 2.26 bits per heavy atom. The van der Waals surface area contributed by atoms with E-state index in [2.05, 4.69) is 31.2 Å². The van der Waals surface area contributed by atoms with E-state index in [1.54, 1.807) is 0 Å². The van der Waals surface area contributed by atoms with Gasteiger partial charge in [-0.25, -0.2) is 0 Å². The lowest BCUT2D eigenvalue weighted by Crippen LogP contribution is -2.25. The third-order valence-electron chi connectivity index (χ3n) is 3.74. The molecule has 0 aromatic carbocycles. The van der Waals surface area contributed by atoms with Crippen LogP contribution in [0.15, 0.2) is 29.0 Å². The second-order valence-corrected chi connectivity index (χ2v) is 6.20. The lowest BCUT2D eigenvalue weighted by molar-refractivity contribution is 0.563. The third kappa shape index (κ3) is 2.70. The van der Waals surface area contributed by atoms with Crippen molar-refractivity contribution in [2.45, 2.75) is 25.3 Å². The van der Waals surface area contributed by atoms with Crippen LogP contribution in [0, 0.1) is 5.92 Å². The Bertz CT molecular complexity index is 590. The van der Waals surface area contributed by atoms with Crippen molar-refractivity contribution >= 4 is 44.3 Å². The largest absolute Gasteiger partial charge is 0.380 e. The van der Waals surface area contributed by atoms with Crippen molar-refractivity contribution in [3.8, 4) is 0 Å². The summed E-state index contributed by atoms with van der Waals surface area (Å²) in [5, 5.41) is 3.60. The standard InChI is InChI=1S/C14H15BrClN3/c15-10-6-13-14(18-8-10)12(4-5-17-13)19-11-3-1-2-9(11)7-16/h4-6,8-9,11H,1-3,7H2,(H,17,19). The molecule has 3 rings (SSSR count). The number of hydrogen-bond donors (Lipinski definition) is 1. The zero-order valence-electron chi connectivity index (χ0n) is 10.4. The Morgan fingerprint density at radius 1 is 1.37 bits per heavy atom. The molecule has 0 bridgehead atoms. The molecule has 2 heterocycles. The van der Waals surface area contributed by atoms with Crippen molar-refractivity contribution < 1.29 is 0 Å². The number of aromatic nitrogens is 2. The minimum atomic E-state index is 0.452. The summed E-state index contributed by atoms with van der Waals surface area (Å²) in [6.07, 6.45) is 7.27. The molecule has 19 heavy (non-hydrogen) atoms. The molecular formula is C14H15BrClN3. The smallest absolute Gasteiger partial charge is 0.112 e. The number of anilines is 1. The maximum absolute atomic E-state index is 6.03. The lowest BCUT2D eigenvalue weighted by atomic mass is 10.1. The van der Waals surface area contributed by atoms with Crippen LogP contribution in [0.4, 0.5) is 5.69 Å². The van der Waals surface area contributed by atoms with Gasteiger partial charge in [-0.15, -0.1) is 11.6 Å². The van der Waals surface area contributed by atoms with Gasteiger partial charge in [-0.05, 0) is 46.8 Å². The van der Waals surface area contributed by atoms with Gasteiger partial charge in [0, 0.05) is 28.8 Å².